The van der Waals surface area contributed by atoms with Gasteiger partial charge < -0.3 is 14.8 Å². The number of nitrogens with one attached hydrogen (secondary N) is 1. The summed E-state index contributed by atoms with van der Waals surface area (Å²) in [5.41, 5.74) is 3.47. The van der Waals surface area contributed by atoms with Gasteiger partial charge in [0.1, 0.15) is 12.4 Å². The van der Waals surface area contributed by atoms with Gasteiger partial charge in [0.25, 0.3) is 0 Å². The molecule has 0 saturated heterocycles. The van der Waals surface area contributed by atoms with E-state index in [4.69, 9.17) is 9.47 Å². The lowest BCUT2D eigenvalue weighted by molar-refractivity contribution is -0.142. The fraction of sp³-hybridized carbons (Fsp3) is 0.292. The van der Waals surface area contributed by atoms with Gasteiger partial charge in [-0.3, -0.25) is 18.4 Å². The van der Waals surface area contributed by atoms with E-state index in [9.17, 15) is 13.8 Å². The molecule has 1 atom stereocenters. The SMILES string of the molecule is CC(=O)OCc1ccccc1-n1ccnc1[S@@](=O)CCCOc1ccc2c(c1)CCC(=O)N2. The Bertz CT molecular complexity index is 1190. The highest BCUT2D eigenvalue weighted by Gasteiger charge is 2.17. The molecule has 0 unspecified atom stereocenters. The van der Waals surface area contributed by atoms with E-state index in [0.29, 0.717) is 36.8 Å². The van der Waals surface area contributed by atoms with Crippen molar-refractivity contribution in [1.29, 1.82) is 0 Å². The van der Waals surface area contributed by atoms with E-state index in [1.165, 1.54) is 6.92 Å². The molecule has 0 bridgehead atoms. The minimum absolute atomic E-state index is 0.0333. The number of anilines is 1. The molecule has 0 spiro atoms. The van der Waals surface area contributed by atoms with Gasteiger partial charge >= 0.3 is 5.97 Å². The molecule has 8 nitrogen and oxygen atoms in total. The quantitative estimate of drug-likeness (QED) is 0.383. The summed E-state index contributed by atoms with van der Waals surface area (Å²) in [4.78, 5) is 27.0. The largest absolute Gasteiger partial charge is 0.494 e. The van der Waals surface area contributed by atoms with Crippen LogP contribution in [0.2, 0.25) is 0 Å². The first-order valence-corrected chi connectivity index (χ1v) is 12.0. The van der Waals surface area contributed by atoms with Crippen LogP contribution < -0.4 is 10.1 Å². The zero-order chi connectivity index (χ0) is 23.2. The zero-order valence-electron chi connectivity index (χ0n) is 18.3. The van der Waals surface area contributed by atoms with Crippen LogP contribution >= 0.6 is 0 Å². The third-order valence-electron chi connectivity index (χ3n) is 5.21. The second-order valence-corrected chi connectivity index (χ2v) is 9.07. The molecule has 33 heavy (non-hydrogen) atoms. The van der Waals surface area contributed by atoms with Crippen LogP contribution in [0.15, 0.2) is 60.0 Å². The Kier molecular flexibility index (Phi) is 7.19. The Morgan fingerprint density at radius 1 is 1.21 bits per heavy atom. The summed E-state index contributed by atoms with van der Waals surface area (Å²) >= 11 is 0. The summed E-state index contributed by atoms with van der Waals surface area (Å²) < 4.78 is 25.7. The van der Waals surface area contributed by atoms with Crippen molar-refractivity contribution in [3.8, 4) is 11.4 Å². The Labute approximate surface area is 194 Å². The number of hydrogen-bond acceptors (Lipinski definition) is 6. The first kappa shape index (κ1) is 22.7. The molecule has 1 amide bonds. The molecule has 4 rings (SSSR count). The van der Waals surface area contributed by atoms with Gasteiger partial charge in [-0.25, -0.2) is 4.98 Å². The highest BCUT2D eigenvalue weighted by molar-refractivity contribution is 7.84. The topological polar surface area (TPSA) is 99.5 Å². The third-order valence-corrected chi connectivity index (χ3v) is 6.58. The van der Waals surface area contributed by atoms with Gasteiger partial charge in [0.15, 0.2) is 0 Å². The van der Waals surface area contributed by atoms with Crippen LogP contribution in [0, 0.1) is 0 Å². The highest BCUT2D eigenvalue weighted by atomic mass is 32.2. The van der Waals surface area contributed by atoms with Crippen LogP contribution in [0.1, 0.15) is 30.9 Å². The molecule has 0 aliphatic carbocycles. The number of aryl methyl sites for hydroxylation is 1. The summed E-state index contributed by atoms with van der Waals surface area (Å²) in [7, 11) is -1.33. The fourth-order valence-electron chi connectivity index (χ4n) is 3.61. The van der Waals surface area contributed by atoms with Crippen LogP contribution in [0.25, 0.3) is 5.69 Å². The number of fused-ring (bicyclic) bond motifs is 1. The van der Waals surface area contributed by atoms with Crippen LogP contribution in [0.3, 0.4) is 0 Å². The van der Waals surface area contributed by atoms with Gasteiger partial charge in [0, 0.05) is 42.7 Å². The van der Waals surface area contributed by atoms with Crippen molar-refractivity contribution in [1.82, 2.24) is 9.55 Å². The number of hydrogen-bond donors (Lipinski definition) is 1. The molecule has 0 fully saturated rings. The van der Waals surface area contributed by atoms with Gasteiger partial charge in [-0.1, -0.05) is 18.2 Å². The minimum atomic E-state index is -1.33. The molecule has 0 saturated carbocycles. The summed E-state index contributed by atoms with van der Waals surface area (Å²) in [5, 5.41) is 3.29. The molecular weight excluding hydrogens is 442 g/mol. The van der Waals surface area contributed by atoms with Gasteiger partial charge in [-0.15, -0.1) is 0 Å². The maximum absolute atomic E-state index is 13.0. The zero-order valence-corrected chi connectivity index (χ0v) is 19.1. The molecule has 1 aliphatic heterocycles. The first-order valence-electron chi connectivity index (χ1n) is 10.7. The number of rotatable bonds is 9. The van der Waals surface area contributed by atoms with Crippen molar-refractivity contribution in [2.45, 2.75) is 37.9 Å². The summed E-state index contributed by atoms with van der Waals surface area (Å²) in [6.45, 7) is 1.92. The van der Waals surface area contributed by atoms with E-state index in [1.54, 1.807) is 17.0 Å². The number of carbonyl (C=O) groups excluding carboxylic acids is 2. The van der Waals surface area contributed by atoms with Crippen molar-refractivity contribution in [2.75, 3.05) is 17.7 Å². The molecule has 2 aromatic carbocycles. The lowest BCUT2D eigenvalue weighted by Crippen LogP contribution is -2.18. The molecule has 9 heteroatoms. The number of aromatic nitrogens is 2. The predicted molar refractivity (Wildman–Crippen MR) is 124 cm³/mol. The average Bonchev–Trinajstić information content (AvgIpc) is 3.30. The van der Waals surface area contributed by atoms with E-state index >= 15 is 0 Å². The second-order valence-electron chi connectivity index (χ2n) is 7.61. The molecule has 1 aliphatic rings. The molecule has 3 aromatic rings. The number of amides is 1. The van der Waals surface area contributed by atoms with Gasteiger partial charge in [-0.2, -0.15) is 0 Å². The highest BCUT2D eigenvalue weighted by Crippen LogP contribution is 2.27. The number of nitrogens with zero attached hydrogens (tertiary/aromatic N) is 2. The first-order chi connectivity index (χ1) is 16.0. The van der Waals surface area contributed by atoms with Crippen LogP contribution in [-0.4, -0.2) is 38.0 Å². The number of imidazole rings is 1. The van der Waals surface area contributed by atoms with Crippen LogP contribution in [-0.2, 0) is 38.2 Å². The lowest BCUT2D eigenvalue weighted by Gasteiger charge is -2.17. The summed E-state index contributed by atoms with van der Waals surface area (Å²) in [5.74, 6) is 0.801. The number of benzene rings is 2. The van der Waals surface area contributed by atoms with Crippen molar-refractivity contribution in [3.05, 3.63) is 66.0 Å². The number of para-hydroxylation sites is 1. The number of carbonyl (C=O) groups is 2. The van der Waals surface area contributed by atoms with Gasteiger partial charge in [0.05, 0.1) is 23.1 Å². The standard InChI is InChI=1S/C24H25N3O5S/c1-17(28)32-16-19-5-2-3-6-22(19)27-12-11-25-24(27)33(30)14-4-13-31-20-8-9-21-18(15-20)7-10-23(29)26-21/h2-3,5-6,8-9,11-12,15H,4,7,10,13-14,16H2,1H3,(H,26,29)/t33-/m0/s1. The Morgan fingerprint density at radius 3 is 2.91 bits per heavy atom. The van der Waals surface area contributed by atoms with Crippen molar-refractivity contribution in [3.63, 3.8) is 0 Å². The molecule has 0 radical (unpaired) electrons. The van der Waals surface area contributed by atoms with E-state index < -0.39 is 10.8 Å². The summed E-state index contributed by atoms with van der Waals surface area (Å²) in [6, 6.07) is 13.1. The van der Waals surface area contributed by atoms with Crippen molar-refractivity contribution < 1.29 is 23.3 Å². The molecule has 1 aromatic heterocycles. The lowest BCUT2D eigenvalue weighted by atomic mass is 10.0. The number of ether oxygens (including phenoxy) is 2. The van der Waals surface area contributed by atoms with E-state index in [2.05, 4.69) is 10.3 Å². The second kappa shape index (κ2) is 10.4. The fourth-order valence-corrected chi connectivity index (χ4v) is 4.73. The van der Waals surface area contributed by atoms with Crippen molar-refractivity contribution in [2.24, 2.45) is 0 Å². The Morgan fingerprint density at radius 2 is 2.06 bits per heavy atom. The van der Waals surface area contributed by atoms with E-state index in [-0.39, 0.29) is 18.5 Å². The van der Waals surface area contributed by atoms with Crippen molar-refractivity contribution >= 4 is 28.4 Å². The Hall–Kier alpha value is -3.46. The number of esters is 1. The van der Waals surface area contributed by atoms with Crippen LogP contribution in [0.5, 0.6) is 5.75 Å². The average molecular weight is 468 g/mol. The van der Waals surface area contributed by atoms with E-state index in [0.717, 1.165) is 28.3 Å². The maximum Gasteiger partial charge on any atom is 0.302 e. The molecule has 1 N–H and O–H groups in total. The van der Waals surface area contributed by atoms with Gasteiger partial charge in [0.2, 0.25) is 11.1 Å². The Balaban J connectivity index is 1.35. The smallest absolute Gasteiger partial charge is 0.302 e. The third kappa shape index (κ3) is 5.67. The molecular formula is C24H25N3O5S. The normalized spacial score (nSPS) is 13.7. The summed E-state index contributed by atoms with van der Waals surface area (Å²) in [6.07, 6.45) is 5.12. The van der Waals surface area contributed by atoms with E-state index in [1.807, 2.05) is 42.5 Å². The predicted octanol–water partition coefficient (Wildman–Crippen LogP) is 3.40. The minimum Gasteiger partial charge on any atom is -0.494 e. The van der Waals surface area contributed by atoms with Crippen LogP contribution in [0.4, 0.5) is 5.69 Å². The maximum atomic E-state index is 13.0. The molecule has 172 valence electrons. The molecule has 2 heterocycles. The van der Waals surface area contributed by atoms with Gasteiger partial charge in [-0.05, 0) is 42.7 Å². The monoisotopic (exact) mass is 467 g/mol.